The first-order valence-electron chi connectivity index (χ1n) is 9.93. The number of methoxy groups -OCH3 is 1. The molecule has 168 valence electrons. The zero-order chi connectivity index (χ0) is 22.9. The lowest BCUT2D eigenvalue weighted by Crippen LogP contribution is -2.44. The highest BCUT2D eigenvalue weighted by atomic mass is 32.2. The molecule has 0 fully saturated rings. The van der Waals surface area contributed by atoms with Gasteiger partial charge in [0.15, 0.2) is 5.13 Å². The second-order valence-corrected chi connectivity index (χ2v) is 9.03. The van der Waals surface area contributed by atoms with Crippen molar-refractivity contribution in [1.82, 2.24) is 10.3 Å². The highest BCUT2D eigenvalue weighted by Gasteiger charge is 2.23. The molecule has 1 aromatic heterocycles. The van der Waals surface area contributed by atoms with Gasteiger partial charge in [-0.2, -0.15) is 11.8 Å². The number of ether oxygens (including phenoxy) is 1. The van der Waals surface area contributed by atoms with Crippen molar-refractivity contribution in [2.24, 2.45) is 0 Å². The van der Waals surface area contributed by atoms with E-state index in [0.29, 0.717) is 35.0 Å². The van der Waals surface area contributed by atoms with Crippen LogP contribution in [0, 0.1) is 5.82 Å². The highest BCUT2D eigenvalue weighted by Crippen LogP contribution is 2.22. The number of benzene rings is 2. The Morgan fingerprint density at radius 2 is 1.94 bits per heavy atom. The van der Waals surface area contributed by atoms with Gasteiger partial charge in [-0.25, -0.2) is 9.37 Å². The number of halogens is 1. The number of aromatic nitrogens is 1. The summed E-state index contributed by atoms with van der Waals surface area (Å²) in [6, 6.07) is 12.4. The Morgan fingerprint density at radius 1 is 1.19 bits per heavy atom. The molecule has 32 heavy (non-hydrogen) atoms. The van der Waals surface area contributed by atoms with Crippen LogP contribution < -0.4 is 15.4 Å². The van der Waals surface area contributed by atoms with E-state index in [2.05, 4.69) is 15.6 Å². The van der Waals surface area contributed by atoms with Crippen LogP contribution in [0.15, 0.2) is 54.7 Å². The van der Waals surface area contributed by atoms with Crippen molar-refractivity contribution in [3.63, 3.8) is 0 Å². The van der Waals surface area contributed by atoms with Crippen molar-refractivity contribution < 1.29 is 18.7 Å². The van der Waals surface area contributed by atoms with E-state index in [-0.39, 0.29) is 17.6 Å². The lowest BCUT2D eigenvalue weighted by molar-refractivity contribution is -0.118. The molecule has 9 heteroatoms. The molecule has 2 N–H and O–H groups in total. The zero-order valence-electron chi connectivity index (χ0n) is 17.8. The number of thioether (sulfide) groups is 1. The minimum atomic E-state index is -0.718. The van der Waals surface area contributed by atoms with E-state index in [9.17, 15) is 14.0 Å². The third-order valence-electron chi connectivity index (χ3n) is 4.66. The van der Waals surface area contributed by atoms with Gasteiger partial charge < -0.3 is 15.4 Å². The van der Waals surface area contributed by atoms with E-state index in [1.54, 1.807) is 54.4 Å². The van der Waals surface area contributed by atoms with E-state index in [0.717, 1.165) is 10.4 Å². The summed E-state index contributed by atoms with van der Waals surface area (Å²) in [6.07, 6.45) is 4.70. The smallest absolute Gasteiger partial charge is 0.255 e. The molecule has 0 bridgehead atoms. The van der Waals surface area contributed by atoms with Crippen LogP contribution in [0.2, 0.25) is 0 Å². The number of carbonyl (C=O) groups is 2. The molecule has 1 atom stereocenters. The molecular weight excluding hydrogens is 449 g/mol. The molecule has 0 aliphatic heterocycles. The summed E-state index contributed by atoms with van der Waals surface area (Å²) in [7, 11) is 1.50. The molecule has 6 nitrogen and oxygen atoms in total. The van der Waals surface area contributed by atoms with Crippen LogP contribution in [0.3, 0.4) is 0 Å². The molecule has 0 saturated heterocycles. The monoisotopic (exact) mass is 473 g/mol. The molecule has 0 radical (unpaired) electrons. The third kappa shape index (κ3) is 6.54. The second-order valence-electron chi connectivity index (χ2n) is 6.93. The van der Waals surface area contributed by atoms with Crippen molar-refractivity contribution in [2.75, 3.05) is 24.4 Å². The van der Waals surface area contributed by atoms with Crippen molar-refractivity contribution in [3.8, 4) is 5.75 Å². The molecule has 1 unspecified atom stereocenters. The Kier molecular flexibility index (Phi) is 8.64. The first kappa shape index (κ1) is 23.7. The number of nitrogens with one attached hydrogen (secondary N) is 2. The molecule has 3 aromatic rings. The quantitative estimate of drug-likeness (QED) is 0.457. The first-order chi connectivity index (χ1) is 15.5. The number of nitrogens with zero attached hydrogens (tertiary/aromatic N) is 1. The number of hydrogen-bond donors (Lipinski definition) is 2. The standard InChI is InChI=1S/C23H24FN3O3S2/c1-30-20-6-4-3-5-18(20)21(28)26-19(11-12-31-2)22(29)27-23-25-14-17(32-23)13-15-7-9-16(24)10-8-15/h3-10,14,19H,11-13H2,1-2H3,(H,26,28)(H,25,27,29). The number of hydrogen-bond acceptors (Lipinski definition) is 6. The molecular formula is C23H24FN3O3S2. The Labute approximate surface area is 194 Å². The van der Waals surface area contributed by atoms with Crippen LogP contribution in [-0.4, -0.2) is 42.0 Å². The van der Waals surface area contributed by atoms with Gasteiger partial charge >= 0.3 is 0 Å². The van der Waals surface area contributed by atoms with E-state index in [1.165, 1.54) is 30.6 Å². The second kappa shape index (κ2) is 11.6. The summed E-state index contributed by atoms with van der Waals surface area (Å²) in [5.41, 5.74) is 1.32. The Morgan fingerprint density at radius 3 is 2.66 bits per heavy atom. The number of amides is 2. The number of rotatable bonds is 10. The maximum absolute atomic E-state index is 13.1. The Balaban J connectivity index is 1.66. The predicted molar refractivity (Wildman–Crippen MR) is 127 cm³/mol. The maximum Gasteiger partial charge on any atom is 0.255 e. The van der Waals surface area contributed by atoms with Crippen LogP contribution in [0.4, 0.5) is 9.52 Å². The minimum absolute atomic E-state index is 0.280. The van der Waals surface area contributed by atoms with Gasteiger partial charge in [-0.3, -0.25) is 9.59 Å². The Hall–Kier alpha value is -2.91. The summed E-state index contributed by atoms with van der Waals surface area (Å²) < 4.78 is 18.3. The average Bonchev–Trinajstić information content (AvgIpc) is 3.24. The third-order valence-corrected chi connectivity index (χ3v) is 6.22. The maximum atomic E-state index is 13.1. The van der Waals surface area contributed by atoms with Gasteiger partial charge in [0.1, 0.15) is 17.6 Å². The van der Waals surface area contributed by atoms with Gasteiger partial charge in [-0.15, -0.1) is 11.3 Å². The SMILES string of the molecule is COc1ccccc1C(=O)NC(CCSC)C(=O)Nc1ncc(Cc2ccc(F)cc2)s1. The molecule has 0 spiro atoms. The molecule has 1 heterocycles. The highest BCUT2D eigenvalue weighted by molar-refractivity contribution is 7.98. The topological polar surface area (TPSA) is 80.3 Å². The van der Waals surface area contributed by atoms with E-state index >= 15 is 0 Å². The van der Waals surface area contributed by atoms with Crippen LogP contribution in [0.1, 0.15) is 27.2 Å². The van der Waals surface area contributed by atoms with Gasteiger partial charge in [0.05, 0.1) is 12.7 Å². The largest absolute Gasteiger partial charge is 0.496 e. The van der Waals surface area contributed by atoms with Crippen molar-refractivity contribution in [1.29, 1.82) is 0 Å². The summed E-state index contributed by atoms with van der Waals surface area (Å²) in [4.78, 5) is 30.9. The van der Waals surface area contributed by atoms with Gasteiger partial charge in [0, 0.05) is 17.5 Å². The summed E-state index contributed by atoms with van der Waals surface area (Å²) >= 11 is 2.94. The van der Waals surface area contributed by atoms with Gasteiger partial charge in [-0.1, -0.05) is 24.3 Å². The molecule has 3 rings (SSSR count). The van der Waals surface area contributed by atoms with Gasteiger partial charge in [0.25, 0.3) is 5.91 Å². The van der Waals surface area contributed by atoms with E-state index in [1.807, 2.05) is 6.26 Å². The first-order valence-corrected chi connectivity index (χ1v) is 12.1. The lowest BCUT2D eigenvalue weighted by atomic mass is 10.1. The minimum Gasteiger partial charge on any atom is -0.496 e. The van der Waals surface area contributed by atoms with Crippen molar-refractivity contribution >= 4 is 40.0 Å². The summed E-state index contributed by atoms with van der Waals surface area (Å²) in [6.45, 7) is 0. The van der Waals surface area contributed by atoms with Crippen molar-refractivity contribution in [3.05, 3.63) is 76.5 Å². The molecule has 0 aliphatic rings. The number of para-hydroxylation sites is 1. The fourth-order valence-electron chi connectivity index (χ4n) is 3.02. The van der Waals surface area contributed by atoms with Gasteiger partial charge in [0.2, 0.25) is 5.91 Å². The molecule has 2 aromatic carbocycles. The predicted octanol–water partition coefficient (Wildman–Crippen LogP) is 4.37. The van der Waals surface area contributed by atoms with Crippen LogP contribution in [-0.2, 0) is 11.2 Å². The van der Waals surface area contributed by atoms with E-state index < -0.39 is 6.04 Å². The molecule has 0 saturated carbocycles. The number of carbonyl (C=O) groups excluding carboxylic acids is 2. The number of anilines is 1. The number of thiazole rings is 1. The summed E-state index contributed by atoms with van der Waals surface area (Å²) in [5, 5.41) is 6.07. The molecule has 0 aliphatic carbocycles. The van der Waals surface area contributed by atoms with Crippen molar-refractivity contribution in [2.45, 2.75) is 18.9 Å². The van der Waals surface area contributed by atoms with Gasteiger partial charge in [-0.05, 0) is 48.3 Å². The normalized spacial score (nSPS) is 11.6. The fourth-order valence-corrected chi connectivity index (χ4v) is 4.34. The van der Waals surface area contributed by atoms with Crippen LogP contribution in [0.5, 0.6) is 5.75 Å². The van der Waals surface area contributed by atoms with E-state index in [4.69, 9.17) is 4.74 Å². The van der Waals surface area contributed by atoms with Crippen LogP contribution >= 0.6 is 23.1 Å². The zero-order valence-corrected chi connectivity index (χ0v) is 19.4. The van der Waals surface area contributed by atoms with Crippen LogP contribution in [0.25, 0.3) is 0 Å². The fraction of sp³-hybridized carbons (Fsp3) is 0.261. The average molecular weight is 474 g/mol. The summed E-state index contributed by atoms with van der Waals surface area (Å²) in [5.74, 6) is 0.166. The Bertz CT molecular complexity index is 1060. The molecule has 2 amide bonds. The lowest BCUT2D eigenvalue weighted by Gasteiger charge is -2.18.